The van der Waals surface area contributed by atoms with Gasteiger partial charge in [-0.1, -0.05) is 237 Å². The minimum absolute atomic E-state index is 0.518. The van der Waals surface area contributed by atoms with E-state index in [0.717, 1.165) is 72.4 Å². The summed E-state index contributed by atoms with van der Waals surface area (Å²) in [5, 5.41) is 2.23. The molecule has 0 atom stereocenters. The molecular formula is C67H45NO. The molecule has 0 unspecified atom stereocenters. The third-order valence-electron chi connectivity index (χ3n) is 14.2. The van der Waals surface area contributed by atoms with Crippen LogP contribution < -0.4 is 4.90 Å². The first-order valence-electron chi connectivity index (χ1n) is 23.8. The summed E-state index contributed by atoms with van der Waals surface area (Å²) in [5.74, 6) is 0. The maximum Gasteiger partial charge on any atom is 0.143 e. The van der Waals surface area contributed by atoms with E-state index >= 15 is 0 Å². The second-order valence-electron chi connectivity index (χ2n) is 17.9. The fraction of sp³-hybridized carbons (Fsp3) is 0.0149. The maximum atomic E-state index is 6.67. The van der Waals surface area contributed by atoms with Crippen molar-refractivity contribution in [3.63, 3.8) is 0 Å². The van der Waals surface area contributed by atoms with Crippen LogP contribution in [-0.4, -0.2) is 0 Å². The van der Waals surface area contributed by atoms with E-state index in [1.165, 1.54) is 44.5 Å². The molecule has 1 aromatic heterocycles. The molecule has 1 heterocycles. The molecule has 0 fully saturated rings. The first-order chi connectivity index (χ1) is 34.3. The smallest absolute Gasteiger partial charge is 0.143 e. The molecule has 2 nitrogen and oxygen atoms in total. The summed E-state index contributed by atoms with van der Waals surface area (Å²) < 4.78 is 6.67. The van der Waals surface area contributed by atoms with Crippen LogP contribution in [0.1, 0.15) is 22.3 Å². The van der Waals surface area contributed by atoms with Gasteiger partial charge in [0.1, 0.15) is 11.2 Å². The fourth-order valence-corrected chi connectivity index (χ4v) is 11.2. The van der Waals surface area contributed by atoms with E-state index in [-0.39, 0.29) is 0 Å². The minimum Gasteiger partial charge on any atom is -0.455 e. The maximum absolute atomic E-state index is 6.67. The number of hydrogen-bond donors (Lipinski definition) is 0. The zero-order valence-electron chi connectivity index (χ0n) is 37.8. The highest BCUT2D eigenvalue weighted by atomic mass is 16.3. The monoisotopic (exact) mass is 879 g/mol. The molecule has 2 heteroatoms. The Hall–Kier alpha value is -8.98. The molecule has 11 aromatic carbocycles. The van der Waals surface area contributed by atoms with Gasteiger partial charge in [0.25, 0.3) is 0 Å². The summed E-state index contributed by atoms with van der Waals surface area (Å²) >= 11 is 0. The number of fused-ring (bicyclic) bond motifs is 6. The van der Waals surface area contributed by atoms with Gasteiger partial charge in [0.05, 0.1) is 11.1 Å². The Balaban J connectivity index is 1.10. The molecule has 324 valence electrons. The van der Waals surface area contributed by atoms with Crippen molar-refractivity contribution in [3.05, 3.63) is 295 Å². The van der Waals surface area contributed by atoms with Gasteiger partial charge in [-0.2, -0.15) is 0 Å². The molecular weight excluding hydrogens is 835 g/mol. The normalized spacial score (nSPS) is 12.5. The van der Waals surface area contributed by atoms with Crippen molar-refractivity contribution in [2.75, 3.05) is 4.90 Å². The van der Waals surface area contributed by atoms with Crippen LogP contribution in [-0.2, 0) is 5.41 Å². The Labute approximate surface area is 402 Å². The molecule has 69 heavy (non-hydrogen) atoms. The van der Waals surface area contributed by atoms with Gasteiger partial charge in [-0.25, -0.2) is 0 Å². The predicted molar refractivity (Wildman–Crippen MR) is 287 cm³/mol. The first-order valence-corrected chi connectivity index (χ1v) is 23.8. The standard InChI is InChI=1S/C67H45NO/c1-5-22-46(23-6-1)53-32-13-14-35-58(53)65-54(47-24-7-2-8-25-47)36-21-40-63(65)68(51-31-19-26-48(44-51)55-37-20-38-59-57-34-16-18-41-64(57)69-66(55)59)52-42-43-62-60(45-52)56-33-15-17-39-61(56)67(62,49-27-9-3-10-28-49)50-29-11-4-12-30-50/h1-45H. The molecule has 0 N–H and O–H groups in total. The number of hydrogen-bond acceptors (Lipinski definition) is 2. The van der Waals surface area contributed by atoms with E-state index < -0.39 is 5.41 Å². The van der Waals surface area contributed by atoms with Crippen LogP contribution in [0.3, 0.4) is 0 Å². The second kappa shape index (κ2) is 16.7. The summed E-state index contributed by atoms with van der Waals surface area (Å²) in [5.41, 5.74) is 21.0. The Bertz CT molecular complexity index is 3800. The van der Waals surface area contributed by atoms with Crippen LogP contribution >= 0.6 is 0 Å². The molecule has 12 aromatic rings. The Kier molecular flexibility index (Phi) is 9.77. The summed E-state index contributed by atoms with van der Waals surface area (Å²) in [4.78, 5) is 2.49. The molecule has 1 aliphatic carbocycles. The number of benzene rings is 11. The van der Waals surface area contributed by atoms with E-state index in [9.17, 15) is 0 Å². The number of anilines is 3. The number of nitrogens with zero attached hydrogens (tertiary/aromatic N) is 1. The lowest BCUT2D eigenvalue weighted by Crippen LogP contribution is -2.28. The molecule has 0 spiro atoms. The Morgan fingerprint density at radius 2 is 0.812 bits per heavy atom. The molecule has 0 saturated heterocycles. The van der Waals surface area contributed by atoms with E-state index in [2.05, 4.69) is 272 Å². The summed E-state index contributed by atoms with van der Waals surface area (Å²) in [7, 11) is 0. The molecule has 13 rings (SSSR count). The summed E-state index contributed by atoms with van der Waals surface area (Å²) in [6, 6.07) is 99.4. The topological polar surface area (TPSA) is 16.4 Å². The van der Waals surface area contributed by atoms with Gasteiger partial charge in [-0.15, -0.1) is 0 Å². The third kappa shape index (κ3) is 6.56. The molecule has 0 radical (unpaired) electrons. The lowest BCUT2D eigenvalue weighted by Gasteiger charge is -2.34. The highest BCUT2D eigenvalue weighted by molar-refractivity contribution is 6.10. The average Bonchev–Trinajstić information content (AvgIpc) is 3.96. The van der Waals surface area contributed by atoms with Crippen LogP contribution in [0.5, 0.6) is 0 Å². The van der Waals surface area contributed by atoms with Crippen LogP contribution in [0, 0.1) is 0 Å². The molecule has 0 saturated carbocycles. The van der Waals surface area contributed by atoms with Gasteiger partial charge < -0.3 is 9.32 Å². The van der Waals surface area contributed by atoms with Crippen LogP contribution in [0.25, 0.3) is 77.6 Å². The van der Waals surface area contributed by atoms with Crippen molar-refractivity contribution in [2.45, 2.75) is 5.41 Å². The van der Waals surface area contributed by atoms with Crippen molar-refractivity contribution in [1.82, 2.24) is 0 Å². The van der Waals surface area contributed by atoms with Crippen LogP contribution in [0.2, 0.25) is 0 Å². The van der Waals surface area contributed by atoms with Gasteiger partial charge in [-0.05, 0) is 103 Å². The fourth-order valence-electron chi connectivity index (χ4n) is 11.2. The Morgan fingerprint density at radius 1 is 0.304 bits per heavy atom. The third-order valence-corrected chi connectivity index (χ3v) is 14.2. The lowest BCUT2D eigenvalue weighted by atomic mass is 9.68. The highest BCUT2D eigenvalue weighted by Gasteiger charge is 2.46. The van der Waals surface area contributed by atoms with Gasteiger partial charge in [0.15, 0.2) is 0 Å². The van der Waals surface area contributed by atoms with E-state index in [0.29, 0.717) is 0 Å². The van der Waals surface area contributed by atoms with E-state index in [1.54, 1.807) is 0 Å². The van der Waals surface area contributed by atoms with Crippen LogP contribution in [0.15, 0.2) is 277 Å². The predicted octanol–water partition coefficient (Wildman–Crippen LogP) is 18.1. The lowest BCUT2D eigenvalue weighted by molar-refractivity contribution is 0.670. The van der Waals surface area contributed by atoms with Crippen molar-refractivity contribution in [2.24, 2.45) is 0 Å². The number of furan rings is 1. The van der Waals surface area contributed by atoms with Gasteiger partial charge in [0, 0.05) is 33.3 Å². The molecule has 0 amide bonds. The summed E-state index contributed by atoms with van der Waals surface area (Å²) in [6.07, 6.45) is 0. The van der Waals surface area contributed by atoms with E-state index in [4.69, 9.17) is 4.42 Å². The molecule has 0 aliphatic heterocycles. The van der Waals surface area contributed by atoms with Crippen molar-refractivity contribution in [1.29, 1.82) is 0 Å². The van der Waals surface area contributed by atoms with Gasteiger partial charge in [-0.3, -0.25) is 0 Å². The SMILES string of the molecule is c1ccc(-c2ccccc2-c2c(-c3ccccc3)cccc2N(c2cccc(-c3cccc4c3oc3ccccc34)c2)c2ccc3c(c2)-c2ccccc2C3(c2ccccc2)c2ccccc2)cc1. The first kappa shape index (κ1) is 40.3. The van der Waals surface area contributed by atoms with Crippen molar-refractivity contribution < 1.29 is 4.42 Å². The largest absolute Gasteiger partial charge is 0.455 e. The number of para-hydroxylation sites is 2. The van der Waals surface area contributed by atoms with E-state index in [1.807, 2.05) is 6.07 Å². The number of rotatable bonds is 9. The van der Waals surface area contributed by atoms with Crippen molar-refractivity contribution in [3.8, 4) is 55.6 Å². The van der Waals surface area contributed by atoms with Gasteiger partial charge in [0.2, 0.25) is 0 Å². The molecule has 0 bridgehead atoms. The van der Waals surface area contributed by atoms with Crippen molar-refractivity contribution >= 4 is 39.0 Å². The molecule has 1 aliphatic rings. The summed E-state index contributed by atoms with van der Waals surface area (Å²) in [6.45, 7) is 0. The minimum atomic E-state index is -0.518. The zero-order chi connectivity index (χ0) is 45.7. The highest BCUT2D eigenvalue weighted by Crippen LogP contribution is 2.58. The average molecular weight is 880 g/mol. The quantitative estimate of drug-likeness (QED) is 0.144. The Morgan fingerprint density at radius 3 is 1.55 bits per heavy atom. The second-order valence-corrected chi connectivity index (χ2v) is 17.9. The zero-order valence-corrected chi connectivity index (χ0v) is 37.8. The van der Waals surface area contributed by atoms with Gasteiger partial charge >= 0.3 is 0 Å². The van der Waals surface area contributed by atoms with Crippen LogP contribution in [0.4, 0.5) is 17.1 Å².